The lowest BCUT2D eigenvalue weighted by atomic mass is 10.0. The Hall–Kier alpha value is -4.08. The van der Waals surface area contributed by atoms with Gasteiger partial charge in [0.1, 0.15) is 5.56 Å². The van der Waals surface area contributed by atoms with E-state index in [1.54, 1.807) is 24.3 Å². The fraction of sp³-hybridized carbons (Fsp3) is 0.296. The van der Waals surface area contributed by atoms with Crippen LogP contribution in [0.4, 0.5) is 13.2 Å². The molecular formula is C27H27F3N4O3. The number of ether oxygens (including phenoxy) is 2. The minimum atomic E-state index is -4.69. The Bertz CT molecular complexity index is 1410. The topological polar surface area (TPSA) is 77.8 Å². The predicted molar refractivity (Wildman–Crippen MR) is 133 cm³/mol. The number of hydrogen-bond acceptors (Lipinski definition) is 5. The van der Waals surface area contributed by atoms with E-state index in [1.807, 2.05) is 32.0 Å². The van der Waals surface area contributed by atoms with Gasteiger partial charge in [0, 0.05) is 12.1 Å². The average molecular weight is 513 g/mol. The van der Waals surface area contributed by atoms with Gasteiger partial charge < -0.3 is 14.8 Å². The molecule has 1 amide bonds. The molecule has 7 nitrogen and oxygen atoms in total. The molecule has 0 aliphatic heterocycles. The van der Waals surface area contributed by atoms with Gasteiger partial charge in [-0.25, -0.2) is 9.50 Å². The molecule has 0 aliphatic carbocycles. The molecular weight excluding hydrogens is 485 g/mol. The fourth-order valence-corrected chi connectivity index (χ4v) is 3.96. The maximum Gasteiger partial charge on any atom is 0.433 e. The highest BCUT2D eigenvalue weighted by molar-refractivity contribution is 5.99. The van der Waals surface area contributed by atoms with Crippen molar-refractivity contribution in [3.63, 3.8) is 0 Å². The van der Waals surface area contributed by atoms with Gasteiger partial charge in [0.05, 0.1) is 26.1 Å². The fourth-order valence-electron chi connectivity index (χ4n) is 3.96. The zero-order valence-corrected chi connectivity index (χ0v) is 20.9. The molecule has 0 aliphatic rings. The van der Waals surface area contributed by atoms with Gasteiger partial charge in [-0.2, -0.15) is 18.3 Å². The molecule has 0 bridgehead atoms. The van der Waals surface area contributed by atoms with E-state index < -0.39 is 17.8 Å². The first-order chi connectivity index (χ1) is 17.6. The number of carbonyl (C=O) groups excluding carboxylic acids is 1. The third-order valence-corrected chi connectivity index (χ3v) is 6.03. The Morgan fingerprint density at radius 3 is 2.35 bits per heavy atom. The Kier molecular flexibility index (Phi) is 7.37. The lowest BCUT2D eigenvalue weighted by Gasteiger charge is -2.12. The first-order valence-corrected chi connectivity index (χ1v) is 11.7. The molecule has 10 heteroatoms. The summed E-state index contributed by atoms with van der Waals surface area (Å²) >= 11 is 0. The highest BCUT2D eigenvalue weighted by Crippen LogP contribution is 2.33. The number of carbonyl (C=O) groups is 1. The van der Waals surface area contributed by atoms with Gasteiger partial charge >= 0.3 is 6.18 Å². The summed E-state index contributed by atoms with van der Waals surface area (Å²) < 4.78 is 52.9. The molecule has 0 atom stereocenters. The summed E-state index contributed by atoms with van der Waals surface area (Å²) in [4.78, 5) is 17.3. The number of aromatic nitrogens is 3. The molecule has 0 saturated carbocycles. The Labute approximate surface area is 212 Å². The number of halogens is 3. The number of alkyl halides is 3. The van der Waals surface area contributed by atoms with Crippen molar-refractivity contribution >= 4 is 11.6 Å². The van der Waals surface area contributed by atoms with Crippen LogP contribution in [0.25, 0.3) is 16.9 Å². The lowest BCUT2D eigenvalue weighted by Crippen LogP contribution is -2.26. The second-order valence-electron chi connectivity index (χ2n) is 8.79. The van der Waals surface area contributed by atoms with Crippen LogP contribution in [-0.2, 0) is 12.6 Å². The quantitative estimate of drug-likeness (QED) is 0.336. The molecule has 2 heterocycles. The SMILES string of the molecule is COc1ccc(CCNC(=O)c2cnn3c(C(F)(F)F)cc(-c4ccc(C(C)C)cc4)nc23)cc1OC. The van der Waals surface area contributed by atoms with Gasteiger partial charge in [-0.1, -0.05) is 44.2 Å². The van der Waals surface area contributed by atoms with Gasteiger partial charge in [0.25, 0.3) is 5.91 Å². The Morgan fingerprint density at radius 2 is 1.73 bits per heavy atom. The third kappa shape index (κ3) is 5.52. The summed E-state index contributed by atoms with van der Waals surface area (Å²) in [7, 11) is 3.07. The first kappa shape index (κ1) is 26.0. The molecule has 4 rings (SSSR count). The molecule has 0 unspecified atom stereocenters. The van der Waals surface area contributed by atoms with Crippen LogP contribution in [0.3, 0.4) is 0 Å². The van der Waals surface area contributed by atoms with Crippen molar-refractivity contribution in [2.45, 2.75) is 32.4 Å². The van der Waals surface area contributed by atoms with Crippen molar-refractivity contribution in [3.05, 3.63) is 77.1 Å². The number of nitrogens with one attached hydrogen (secondary N) is 1. The maximum absolute atomic E-state index is 13.9. The smallest absolute Gasteiger partial charge is 0.433 e. The molecule has 2 aromatic heterocycles. The summed E-state index contributed by atoms with van der Waals surface area (Å²) in [5.74, 6) is 0.859. The van der Waals surface area contributed by atoms with Crippen LogP contribution < -0.4 is 14.8 Å². The average Bonchev–Trinajstić information content (AvgIpc) is 3.31. The van der Waals surface area contributed by atoms with Crippen molar-refractivity contribution in [2.75, 3.05) is 20.8 Å². The maximum atomic E-state index is 13.9. The molecule has 37 heavy (non-hydrogen) atoms. The van der Waals surface area contributed by atoms with Gasteiger partial charge in [-0.05, 0) is 41.7 Å². The van der Waals surface area contributed by atoms with Crippen LogP contribution in [0.15, 0.2) is 54.7 Å². The number of fused-ring (bicyclic) bond motifs is 1. The Morgan fingerprint density at radius 1 is 1.03 bits per heavy atom. The highest BCUT2D eigenvalue weighted by atomic mass is 19.4. The highest BCUT2D eigenvalue weighted by Gasteiger charge is 2.36. The van der Waals surface area contributed by atoms with E-state index in [0.717, 1.165) is 23.4 Å². The van der Waals surface area contributed by atoms with Crippen LogP contribution >= 0.6 is 0 Å². The van der Waals surface area contributed by atoms with Crippen molar-refractivity contribution < 1.29 is 27.4 Å². The van der Waals surface area contributed by atoms with Crippen LogP contribution in [-0.4, -0.2) is 41.3 Å². The number of amides is 1. The third-order valence-electron chi connectivity index (χ3n) is 6.03. The largest absolute Gasteiger partial charge is 0.493 e. The number of hydrogen-bond donors (Lipinski definition) is 1. The second kappa shape index (κ2) is 10.5. The van der Waals surface area contributed by atoms with Gasteiger partial charge in [0.2, 0.25) is 0 Å². The van der Waals surface area contributed by atoms with Crippen LogP contribution in [0, 0.1) is 0 Å². The van der Waals surface area contributed by atoms with Gasteiger partial charge in [0.15, 0.2) is 22.8 Å². The number of nitrogens with zero attached hydrogens (tertiary/aromatic N) is 3. The van der Waals surface area contributed by atoms with Crippen LogP contribution in [0.1, 0.15) is 46.9 Å². The zero-order chi connectivity index (χ0) is 26.7. The van der Waals surface area contributed by atoms with Gasteiger partial charge in [-0.3, -0.25) is 4.79 Å². The number of benzene rings is 2. The van der Waals surface area contributed by atoms with E-state index in [0.29, 0.717) is 28.0 Å². The summed E-state index contributed by atoms with van der Waals surface area (Å²) in [5, 5.41) is 6.57. The van der Waals surface area contributed by atoms with Gasteiger partial charge in [-0.15, -0.1) is 0 Å². The van der Waals surface area contributed by atoms with Crippen LogP contribution in [0.2, 0.25) is 0 Å². The summed E-state index contributed by atoms with van der Waals surface area (Å²) in [5.41, 5.74) is 1.35. The molecule has 194 valence electrons. The van der Waals surface area contributed by atoms with E-state index in [4.69, 9.17) is 9.47 Å². The monoisotopic (exact) mass is 512 g/mol. The molecule has 0 spiro atoms. The predicted octanol–water partition coefficient (Wildman–Crippen LogP) is 5.53. The Balaban J connectivity index is 1.61. The molecule has 4 aromatic rings. The summed E-state index contributed by atoms with van der Waals surface area (Å²) in [6.45, 7) is 4.31. The van der Waals surface area contributed by atoms with Crippen molar-refractivity contribution in [3.8, 4) is 22.8 Å². The standard InChI is InChI=1S/C27H27F3N4O3/c1-16(2)18-6-8-19(9-7-18)21-14-24(27(28,29)30)34-25(33-21)20(15-32-34)26(35)31-12-11-17-5-10-22(36-3)23(13-17)37-4/h5-10,13-16H,11-12H2,1-4H3,(H,31,35). The van der Waals surface area contributed by atoms with Crippen molar-refractivity contribution in [1.29, 1.82) is 0 Å². The molecule has 0 radical (unpaired) electrons. The van der Waals surface area contributed by atoms with E-state index in [2.05, 4.69) is 15.4 Å². The zero-order valence-electron chi connectivity index (χ0n) is 20.9. The van der Waals surface area contributed by atoms with E-state index in [1.165, 1.54) is 14.2 Å². The lowest BCUT2D eigenvalue weighted by molar-refractivity contribution is -0.142. The number of rotatable bonds is 8. The summed E-state index contributed by atoms with van der Waals surface area (Å²) in [6, 6.07) is 13.5. The number of methoxy groups -OCH3 is 2. The molecule has 0 saturated heterocycles. The minimum absolute atomic E-state index is 0.0431. The molecule has 0 fully saturated rings. The van der Waals surface area contributed by atoms with Crippen LogP contribution in [0.5, 0.6) is 11.5 Å². The normalized spacial score (nSPS) is 11.7. The van der Waals surface area contributed by atoms with Crippen molar-refractivity contribution in [2.24, 2.45) is 0 Å². The van der Waals surface area contributed by atoms with E-state index in [9.17, 15) is 18.0 Å². The summed E-state index contributed by atoms with van der Waals surface area (Å²) in [6.07, 6.45) is -3.12. The molecule has 1 N–H and O–H groups in total. The van der Waals surface area contributed by atoms with E-state index in [-0.39, 0.29) is 29.4 Å². The minimum Gasteiger partial charge on any atom is -0.493 e. The first-order valence-electron chi connectivity index (χ1n) is 11.7. The second-order valence-corrected chi connectivity index (χ2v) is 8.79. The molecule has 2 aromatic carbocycles. The van der Waals surface area contributed by atoms with Crippen molar-refractivity contribution in [1.82, 2.24) is 19.9 Å². The van der Waals surface area contributed by atoms with E-state index >= 15 is 0 Å².